The Morgan fingerprint density at radius 2 is 1.89 bits per heavy atom. The fourth-order valence-electron chi connectivity index (χ4n) is 2.94. The molecule has 4 heteroatoms. The number of rotatable bonds is 4. The van der Waals surface area contributed by atoms with Crippen molar-refractivity contribution in [2.24, 2.45) is 5.92 Å². The van der Waals surface area contributed by atoms with Gasteiger partial charge >= 0.3 is 0 Å². The molecule has 0 aliphatic carbocycles. The Bertz CT molecular complexity index is 546. The van der Waals surface area contributed by atoms with Crippen LogP contribution < -0.4 is 0 Å². The van der Waals surface area contributed by atoms with E-state index in [1.165, 1.54) is 0 Å². The standard InChI is InChI=1S/C15H22O3S/c1-3-12(4-2)11-15(16)9-10-19(17,18)14-8-6-5-7-13(14)15/h5-8,12,16H,3-4,9-11H2,1-2H3. The van der Waals surface area contributed by atoms with Crippen LogP contribution in [-0.2, 0) is 15.4 Å². The molecule has 0 fully saturated rings. The second-order valence-electron chi connectivity index (χ2n) is 5.48. The Morgan fingerprint density at radius 1 is 1.26 bits per heavy atom. The molecule has 1 aromatic rings. The first-order valence-corrected chi connectivity index (χ1v) is 8.63. The Labute approximate surface area is 115 Å². The van der Waals surface area contributed by atoms with Gasteiger partial charge in [-0.1, -0.05) is 44.9 Å². The maximum Gasteiger partial charge on any atom is 0.178 e. The predicted octanol–water partition coefficient (Wildman–Crippen LogP) is 2.88. The molecule has 0 spiro atoms. The highest BCUT2D eigenvalue weighted by Crippen LogP contribution is 2.41. The highest BCUT2D eigenvalue weighted by molar-refractivity contribution is 7.91. The van der Waals surface area contributed by atoms with Gasteiger partial charge in [-0.3, -0.25) is 0 Å². The summed E-state index contributed by atoms with van der Waals surface area (Å²) in [6.45, 7) is 4.23. The van der Waals surface area contributed by atoms with Gasteiger partial charge in [-0.2, -0.15) is 0 Å². The van der Waals surface area contributed by atoms with E-state index in [4.69, 9.17) is 0 Å². The highest BCUT2D eigenvalue weighted by Gasteiger charge is 2.41. The van der Waals surface area contributed by atoms with Gasteiger partial charge < -0.3 is 5.11 Å². The Balaban J connectivity index is 2.44. The lowest BCUT2D eigenvalue weighted by atomic mass is 9.80. The SMILES string of the molecule is CCC(CC)CC1(O)CCS(=O)(=O)c2ccccc21. The number of hydrogen-bond acceptors (Lipinski definition) is 3. The third kappa shape index (κ3) is 2.70. The van der Waals surface area contributed by atoms with Gasteiger partial charge in [0.2, 0.25) is 0 Å². The molecule has 0 saturated heterocycles. The lowest BCUT2D eigenvalue weighted by Crippen LogP contribution is -2.37. The molecular formula is C15H22O3S. The topological polar surface area (TPSA) is 54.4 Å². The van der Waals surface area contributed by atoms with Crippen molar-refractivity contribution in [1.29, 1.82) is 0 Å². The van der Waals surface area contributed by atoms with E-state index in [2.05, 4.69) is 13.8 Å². The first-order valence-electron chi connectivity index (χ1n) is 6.97. The van der Waals surface area contributed by atoms with Gasteiger partial charge in [0.25, 0.3) is 0 Å². The van der Waals surface area contributed by atoms with Gasteiger partial charge in [-0.05, 0) is 24.8 Å². The fraction of sp³-hybridized carbons (Fsp3) is 0.600. The molecule has 3 nitrogen and oxygen atoms in total. The second kappa shape index (κ2) is 5.25. The maximum atomic E-state index is 12.1. The third-order valence-corrected chi connectivity index (χ3v) is 6.06. The maximum absolute atomic E-state index is 12.1. The van der Waals surface area contributed by atoms with Crippen molar-refractivity contribution in [3.8, 4) is 0 Å². The third-order valence-electron chi connectivity index (χ3n) is 4.29. The number of fused-ring (bicyclic) bond motifs is 1. The molecule has 19 heavy (non-hydrogen) atoms. The molecule has 106 valence electrons. The van der Waals surface area contributed by atoms with Gasteiger partial charge in [0.05, 0.1) is 16.2 Å². The second-order valence-corrected chi connectivity index (χ2v) is 7.56. The van der Waals surface area contributed by atoms with Crippen LogP contribution >= 0.6 is 0 Å². The van der Waals surface area contributed by atoms with Gasteiger partial charge in [-0.25, -0.2) is 8.42 Å². The molecule has 1 aliphatic rings. The molecule has 1 aromatic carbocycles. The zero-order valence-corrected chi connectivity index (χ0v) is 12.4. The number of aliphatic hydroxyl groups is 1. The molecule has 0 aromatic heterocycles. The number of sulfone groups is 1. The molecule has 0 radical (unpaired) electrons. The number of benzene rings is 1. The Hall–Kier alpha value is -0.870. The minimum atomic E-state index is -3.22. The van der Waals surface area contributed by atoms with Crippen molar-refractivity contribution >= 4 is 9.84 Å². The molecule has 1 atom stereocenters. The molecule has 0 bridgehead atoms. The Kier molecular flexibility index (Phi) is 4.02. The molecule has 2 rings (SSSR count). The van der Waals surface area contributed by atoms with E-state index in [0.717, 1.165) is 12.8 Å². The van der Waals surface area contributed by atoms with E-state index in [0.29, 0.717) is 29.2 Å². The minimum absolute atomic E-state index is 0.0423. The van der Waals surface area contributed by atoms with Crippen LogP contribution in [-0.4, -0.2) is 19.3 Å². The van der Waals surface area contributed by atoms with Crippen molar-refractivity contribution in [1.82, 2.24) is 0 Å². The molecule has 1 unspecified atom stereocenters. The van der Waals surface area contributed by atoms with Crippen LogP contribution in [0.15, 0.2) is 29.2 Å². The summed E-state index contributed by atoms with van der Waals surface area (Å²) >= 11 is 0. The van der Waals surface area contributed by atoms with E-state index < -0.39 is 15.4 Å². The van der Waals surface area contributed by atoms with Gasteiger partial charge in [-0.15, -0.1) is 0 Å². The van der Waals surface area contributed by atoms with E-state index in [1.54, 1.807) is 24.3 Å². The zero-order valence-electron chi connectivity index (χ0n) is 11.6. The molecule has 1 N–H and O–H groups in total. The van der Waals surface area contributed by atoms with E-state index in [1.807, 2.05) is 0 Å². The summed E-state index contributed by atoms with van der Waals surface area (Å²) in [5, 5.41) is 10.9. The van der Waals surface area contributed by atoms with Gasteiger partial charge in [0, 0.05) is 5.56 Å². The predicted molar refractivity (Wildman–Crippen MR) is 75.7 cm³/mol. The summed E-state index contributed by atoms with van der Waals surface area (Å²) < 4.78 is 24.1. The first-order chi connectivity index (χ1) is 8.93. The molecule has 0 saturated carbocycles. The van der Waals surface area contributed by atoms with Crippen LogP contribution in [0.25, 0.3) is 0 Å². The Morgan fingerprint density at radius 3 is 2.53 bits per heavy atom. The lowest BCUT2D eigenvalue weighted by Gasteiger charge is -2.36. The van der Waals surface area contributed by atoms with Gasteiger partial charge in [0.1, 0.15) is 0 Å². The van der Waals surface area contributed by atoms with Crippen LogP contribution in [0.4, 0.5) is 0 Å². The summed E-state index contributed by atoms with van der Waals surface area (Å²) in [5.74, 6) is 0.472. The normalized spacial score (nSPS) is 25.3. The largest absolute Gasteiger partial charge is 0.385 e. The van der Waals surface area contributed by atoms with E-state index in [9.17, 15) is 13.5 Å². The van der Waals surface area contributed by atoms with Crippen LogP contribution in [0.5, 0.6) is 0 Å². The first kappa shape index (κ1) is 14.5. The van der Waals surface area contributed by atoms with E-state index >= 15 is 0 Å². The average Bonchev–Trinajstić information content (AvgIpc) is 2.42. The van der Waals surface area contributed by atoms with Crippen LogP contribution in [0, 0.1) is 5.92 Å². The van der Waals surface area contributed by atoms with Gasteiger partial charge in [0.15, 0.2) is 9.84 Å². The van der Waals surface area contributed by atoms with Crippen LogP contribution in [0.2, 0.25) is 0 Å². The number of hydrogen-bond donors (Lipinski definition) is 1. The summed E-state index contributed by atoms with van der Waals surface area (Å²) in [6.07, 6.45) is 2.97. The van der Waals surface area contributed by atoms with Crippen molar-refractivity contribution in [2.75, 3.05) is 5.75 Å². The zero-order chi connectivity index (χ0) is 14.1. The van der Waals surface area contributed by atoms with Crippen molar-refractivity contribution in [3.63, 3.8) is 0 Å². The molecule has 0 amide bonds. The molecular weight excluding hydrogens is 260 g/mol. The minimum Gasteiger partial charge on any atom is -0.385 e. The van der Waals surface area contributed by atoms with Crippen LogP contribution in [0.3, 0.4) is 0 Å². The van der Waals surface area contributed by atoms with Crippen molar-refractivity contribution in [2.45, 2.75) is 50.0 Å². The van der Waals surface area contributed by atoms with Crippen LogP contribution in [0.1, 0.15) is 45.1 Å². The summed E-state index contributed by atoms with van der Waals surface area (Å²) in [7, 11) is -3.22. The lowest BCUT2D eigenvalue weighted by molar-refractivity contribution is 0.00173. The highest BCUT2D eigenvalue weighted by atomic mass is 32.2. The summed E-state index contributed by atoms with van der Waals surface area (Å²) in [4.78, 5) is 0.315. The quantitative estimate of drug-likeness (QED) is 0.924. The average molecular weight is 282 g/mol. The molecule has 1 aliphatic heterocycles. The summed E-state index contributed by atoms with van der Waals surface area (Å²) in [5.41, 5.74) is -0.397. The van der Waals surface area contributed by atoms with Crippen molar-refractivity contribution in [3.05, 3.63) is 29.8 Å². The smallest absolute Gasteiger partial charge is 0.178 e. The molecule has 1 heterocycles. The van der Waals surface area contributed by atoms with E-state index in [-0.39, 0.29) is 5.75 Å². The van der Waals surface area contributed by atoms with Crippen molar-refractivity contribution < 1.29 is 13.5 Å². The summed E-state index contributed by atoms with van der Waals surface area (Å²) in [6, 6.07) is 6.90. The monoisotopic (exact) mass is 282 g/mol. The fourth-order valence-corrected chi connectivity index (χ4v) is 4.64.